The van der Waals surface area contributed by atoms with Crippen LogP contribution in [0.4, 0.5) is 8.78 Å². The number of thioether (sulfide) groups is 1. The van der Waals surface area contributed by atoms with Crippen LogP contribution in [0, 0.1) is 17.6 Å². The zero-order valence-corrected chi connectivity index (χ0v) is 12.3. The highest BCUT2D eigenvalue weighted by molar-refractivity contribution is 7.98. The van der Waals surface area contributed by atoms with Crippen molar-refractivity contribution in [2.24, 2.45) is 5.92 Å². The molecule has 2 aromatic carbocycles. The van der Waals surface area contributed by atoms with Crippen LogP contribution >= 0.6 is 11.8 Å². The molecule has 0 fully saturated rings. The van der Waals surface area contributed by atoms with Gasteiger partial charge in [0, 0.05) is 16.6 Å². The molecule has 1 aliphatic heterocycles. The van der Waals surface area contributed by atoms with Gasteiger partial charge >= 0.3 is 0 Å². The summed E-state index contributed by atoms with van der Waals surface area (Å²) in [5.74, 6) is 0.353. The van der Waals surface area contributed by atoms with Crippen molar-refractivity contribution >= 4 is 11.8 Å². The third-order valence-electron chi connectivity index (χ3n) is 3.83. The van der Waals surface area contributed by atoms with Gasteiger partial charge in [-0.3, -0.25) is 0 Å². The Kier molecular flexibility index (Phi) is 3.55. The van der Waals surface area contributed by atoms with Gasteiger partial charge < -0.3 is 0 Å². The van der Waals surface area contributed by atoms with Crippen molar-refractivity contribution in [2.45, 2.75) is 30.4 Å². The van der Waals surface area contributed by atoms with E-state index in [-0.39, 0.29) is 23.5 Å². The lowest BCUT2D eigenvalue weighted by Crippen LogP contribution is -2.12. The molecular formula is C17H16F2S. The van der Waals surface area contributed by atoms with E-state index in [0.717, 1.165) is 16.7 Å². The van der Waals surface area contributed by atoms with Crippen LogP contribution in [0.3, 0.4) is 0 Å². The van der Waals surface area contributed by atoms with Gasteiger partial charge in [0.05, 0.1) is 0 Å². The van der Waals surface area contributed by atoms with E-state index in [1.165, 1.54) is 23.9 Å². The summed E-state index contributed by atoms with van der Waals surface area (Å²) in [5.41, 5.74) is 2.62. The summed E-state index contributed by atoms with van der Waals surface area (Å²) in [6.07, 6.45) is 0. The number of rotatable bonds is 1. The first-order chi connectivity index (χ1) is 9.59. The third-order valence-corrected chi connectivity index (χ3v) is 5.00. The Balaban J connectivity index is 2.29. The van der Waals surface area contributed by atoms with Crippen molar-refractivity contribution in [3.8, 4) is 0 Å². The van der Waals surface area contributed by atoms with Crippen molar-refractivity contribution in [3.63, 3.8) is 0 Å². The molecule has 1 atom stereocenters. The molecule has 0 N–H and O–H groups in total. The van der Waals surface area contributed by atoms with Gasteiger partial charge in [-0.05, 0) is 34.7 Å². The van der Waals surface area contributed by atoms with Gasteiger partial charge in [-0.15, -0.1) is 11.8 Å². The van der Waals surface area contributed by atoms with Gasteiger partial charge in [-0.1, -0.05) is 38.1 Å². The minimum atomic E-state index is -0.202. The second-order valence-corrected chi connectivity index (χ2v) is 6.47. The summed E-state index contributed by atoms with van der Waals surface area (Å²) in [4.78, 5) is 0.668. The standard InChI is InChI=1S/C17H16F2S/c1-10(2)15-12-6-4-8-14(19)17(12)20-9-11-5-3-7-13(18)16(11)15/h3-8,10,15H,9H2,1-2H3/t15-/m0/s1. The summed E-state index contributed by atoms with van der Waals surface area (Å²) in [7, 11) is 0. The lowest BCUT2D eigenvalue weighted by Gasteiger charge is -2.24. The van der Waals surface area contributed by atoms with Crippen LogP contribution in [0.2, 0.25) is 0 Å². The summed E-state index contributed by atoms with van der Waals surface area (Å²) < 4.78 is 28.5. The average molecular weight is 290 g/mol. The predicted molar refractivity (Wildman–Crippen MR) is 79.0 cm³/mol. The van der Waals surface area contributed by atoms with Gasteiger partial charge in [0.15, 0.2) is 0 Å². The normalized spacial score (nSPS) is 17.6. The molecule has 0 nitrogen and oxygen atoms in total. The van der Waals surface area contributed by atoms with Crippen LogP contribution in [0.5, 0.6) is 0 Å². The molecule has 3 heteroatoms. The van der Waals surface area contributed by atoms with Gasteiger partial charge in [-0.25, -0.2) is 8.78 Å². The summed E-state index contributed by atoms with van der Waals surface area (Å²) in [6, 6.07) is 10.3. The minimum absolute atomic E-state index is 0.0908. The van der Waals surface area contributed by atoms with E-state index in [1.54, 1.807) is 12.1 Å². The molecule has 1 aliphatic rings. The SMILES string of the molecule is CC(C)[C@H]1c2cccc(F)c2SCc2cccc(F)c21. The second kappa shape index (κ2) is 5.21. The van der Waals surface area contributed by atoms with Gasteiger partial charge in [0.2, 0.25) is 0 Å². The topological polar surface area (TPSA) is 0 Å². The number of halogens is 2. The van der Waals surface area contributed by atoms with E-state index < -0.39 is 0 Å². The van der Waals surface area contributed by atoms with Crippen LogP contribution in [-0.4, -0.2) is 0 Å². The summed E-state index contributed by atoms with van der Waals surface area (Å²) in [5, 5.41) is 0. The fourth-order valence-electron chi connectivity index (χ4n) is 2.98. The predicted octanol–water partition coefficient (Wildman–Crippen LogP) is 5.36. The highest BCUT2D eigenvalue weighted by Gasteiger charge is 2.30. The third kappa shape index (κ3) is 2.14. The Bertz CT molecular complexity index is 649. The lowest BCUT2D eigenvalue weighted by atomic mass is 9.80. The maximum atomic E-state index is 14.4. The molecule has 0 saturated heterocycles. The molecule has 2 aromatic rings. The van der Waals surface area contributed by atoms with Crippen molar-refractivity contribution < 1.29 is 8.78 Å². The van der Waals surface area contributed by atoms with E-state index >= 15 is 0 Å². The highest BCUT2D eigenvalue weighted by atomic mass is 32.2. The molecule has 0 bridgehead atoms. The second-order valence-electron chi connectivity index (χ2n) is 5.48. The van der Waals surface area contributed by atoms with Crippen LogP contribution < -0.4 is 0 Å². The summed E-state index contributed by atoms with van der Waals surface area (Å²) >= 11 is 1.47. The molecule has 0 unspecified atom stereocenters. The van der Waals surface area contributed by atoms with Crippen molar-refractivity contribution in [2.75, 3.05) is 0 Å². The number of fused-ring (bicyclic) bond motifs is 2. The van der Waals surface area contributed by atoms with Crippen molar-refractivity contribution in [3.05, 3.63) is 64.7 Å². The number of hydrogen-bond acceptors (Lipinski definition) is 1. The quantitative estimate of drug-likeness (QED) is 0.681. The van der Waals surface area contributed by atoms with Crippen LogP contribution in [0.15, 0.2) is 41.3 Å². The fourth-order valence-corrected chi connectivity index (χ4v) is 4.10. The minimum Gasteiger partial charge on any atom is -0.207 e. The lowest BCUT2D eigenvalue weighted by molar-refractivity contribution is 0.509. The molecule has 0 amide bonds. The monoisotopic (exact) mass is 290 g/mol. The first-order valence-corrected chi connectivity index (χ1v) is 7.76. The van der Waals surface area contributed by atoms with Gasteiger partial charge in [0.1, 0.15) is 11.6 Å². The smallest absolute Gasteiger partial charge is 0.137 e. The first kappa shape index (κ1) is 13.6. The van der Waals surface area contributed by atoms with E-state index in [1.807, 2.05) is 12.1 Å². The van der Waals surface area contributed by atoms with E-state index in [2.05, 4.69) is 13.8 Å². The molecule has 20 heavy (non-hydrogen) atoms. The van der Waals surface area contributed by atoms with Gasteiger partial charge in [-0.2, -0.15) is 0 Å². The maximum absolute atomic E-state index is 14.4. The molecule has 0 saturated carbocycles. The molecule has 3 rings (SSSR count). The molecule has 0 radical (unpaired) electrons. The average Bonchev–Trinajstić information content (AvgIpc) is 2.57. The Morgan fingerprint density at radius 1 is 1.05 bits per heavy atom. The Morgan fingerprint density at radius 2 is 1.75 bits per heavy atom. The molecule has 0 aliphatic carbocycles. The zero-order chi connectivity index (χ0) is 14.3. The van der Waals surface area contributed by atoms with Crippen molar-refractivity contribution in [1.82, 2.24) is 0 Å². The number of benzene rings is 2. The van der Waals surface area contributed by atoms with E-state index in [0.29, 0.717) is 10.6 Å². The first-order valence-electron chi connectivity index (χ1n) is 6.78. The van der Waals surface area contributed by atoms with E-state index in [4.69, 9.17) is 0 Å². The summed E-state index contributed by atoms with van der Waals surface area (Å²) in [6.45, 7) is 4.12. The van der Waals surface area contributed by atoms with Gasteiger partial charge in [0.25, 0.3) is 0 Å². The molecule has 0 aromatic heterocycles. The number of hydrogen-bond donors (Lipinski definition) is 0. The highest BCUT2D eigenvalue weighted by Crippen LogP contribution is 2.45. The Hall–Kier alpha value is -1.35. The molecule has 0 spiro atoms. The largest absolute Gasteiger partial charge is 0.207 e. The van der Waals surface area contributed by atoms with Crippen LogP contribution in [0.1, 0.15) is 36.5 Å². The zero-order valence-electron chi connectivity index (χ0n) is 11.5. The Morgan fingerprint density at radius 3 is 2.50 bits per heavy atom. The van der Waals surface area contributed by atoms with E-state index in [9.17, 15) is 8.78 Å². The molecule has 104 valence electrons. The van der Waals surface area contributed by atoms with Crippen molar-refractivity contribution in [1.29, 1.82) is 0 Å². The van der Waals surface area contributed by atoms with Crippen LogP contribution in [-0.2, 0) is 5.75 Å². The molecule has 1 heterocycles. The molecular weight excluding hydrogens is 274 g/mol. The Labute approximate surface area is 122 Å². The maximum Gasteiger partial charge on any atom is 0.137 e. The van der Waals surface area contributed by atoms with Crippen LogP contribution in [0.25, 0.3) is 0 Å². The fraction of sp³-hybridized carbons (Fsp3) is 0.294.